The van der Waals surface area contributed by atoms with Crippen LogP contribution in [0, 0.1) is 9.81 Å². The quantitative estimate of drug-likeness (QED) is 0.246. The Morgan fingerprint density at radius 2 is 1.15 bits per heavy atom. The number of hydrazine groups is 2. The van der Waals surface area contributed by atoms with E-state index in [0.29, 0.717) is 38.8 Å². The van der Waals surface area contributed by atoms with Crippen molar-refractivity contribution in [2.75, 3.05) is 13.1 Å². The number of carbonyl (C=O) groups excluding carboxylic acids is 2. The SMILES string of the molecule is O=NN(O)N1CCC[C@H]1C(=O)[O-].O=NN(O)N1CCC[C@H]1C(=O)[O-].[Na+].[Na+]. The first-order valence-corrected chi connectivity index (χ1v) is 6.92. The van der Waals surface area contributed by atoms with Crippen LogP contribution in [-0.4, -0.2) is 68.1 Å². The third-order valence-corrected chi connectivity index (χ3v) is 3.60. The van der Waals surface area contributed by atoms with Crippen molar-refractivity contribution in [1.82, 2.24) is 20.6 Å². The normalized spacial score (nSPS) is 22.1. The predicted octanol–water partition coefficient (Wildman–Crippen LogP) is -9.02. The van der Waals surface area contributed by atoms with Gasteiger partial charge in [0.25, 0.3) is 0 Å². The van der Waals surface area contributed by atoms with Gasteiger partial charge in [0.05, 0.1) is 34.6 Å². The van der Waals surface area contributed by atoms with Crippen molar-refractivity contribution in [2.45, 2.75) is 37.8 Å². The van der Waals surface area contributed by atoms with E-state index in [1.807, 2.05) is 0 Å². The maximum atomic E-state index is 10.4. The molecule has 0 amide bonds. The Kier molecular flexibility index (Phi) is 14.7. The van der Waals surface area contributed by atoms with Crippen LogP contribution in [0.2, 0.25) is 0 Å². The smallest absolute Gasteiger partial charge is 0.548 e. The Labute approximate surface area is 192 Å². The van der Waals surface area contributed by atoms with Crippen molar-refractivity contribution in [3.63, 3.8) is 0 Å². The zero-order valence-electron chi connectivity index (χ0n) is 14.4. The minimum Gasteiger partial charge on any atom is -0.548 e. The fourth-order valence-electron chi connectivity index (χ4n) is 2.50. The molecule has 0 spiro atoms. The number of hydrogen-bond acceptors (Lipinski definition) is 12. The second kappa shape index (κ2) is 13.7. The summed E-state index contributed by atoms with van der Waals surface area (Å²) in [5.41, 5.74) is 0. The van der Waals surface area contributed by atoms with Gasteiger partial charge < -0.3 is 19.8 Å². The average Bonchev–Trinajstić information content (AvgIpc) is 3.22. The van der Waals surface area contributed by atoms with Gasteiger partial charge in [0.1, 0.15) is 0 Å². The van der Waals surface area contributed by atoms with E-state index in [-0.39, 0.29) is 69.7 Å². The summed E-state index contributed by atoms with van der Waals surface area (Å²) in [6, 6.07) is -1.90. The summed E-state index contributed by atoms with van der Waals surface area (Å²) in [5, 5.41) is 44.6. The van der Waals surface area contributed by atoms with Crippen LogP contribution in [0.25, 0.3) is 0 Å². The minimum absolute atomic E-state index is 0. The Morgan fingerprint density at radius 1 is 0.846 bits per heavy atom. The third kappa shape index (κ3) is 7.67. The molecule has 14 nitrogen and oxygen atoms in total. The fraction of sp³-hybridized carbons (Fsp3) is 0.800. The van der Waals surface area contributed by atoms with E-state index in [9.17, 15) is 29.6 Å². The van der Waals surface area contributed by atoms with Crippen LogP contribution in [0.4, 0.5) is 0 Å². The number of nitroso groups, excluding NO2 is 2. The van der Waals surface area contributed by atoms with Crippen LogP contribution in [-0.2, 0) is 9.59 Å². The number of carbonyl (C=O) groups is 2. The standard InChI is InChI=1S/2C5H9N3O4.2Na/c2*9-5(10)4-2-1-3-7(4)8(12)6-11;;/h2*4,12H,1-3H2,(H,9,10);;/q;;2*+1/p-2/t2*4-;;/m00../s1. The van der Waals surface area contributed by atoms with Gasteiger partial charge >= 0.3 is 59.1 Å². The molecule has 0 aliphatic carbocycles. The first kappa shape index (κ1) is 27.8. The molecule has 2 aliphatic rings. The maximum Gasteiger partial charge on any atom is 1.00 e. The zero-order valence-corrected chi connectivity index (χ0v) is 18.4. The summed E-state index contributed by atoms with van der Waals surface area (Å²) in [5.74, 6) is -2.62. The molecular formula is C10H16N6Na2O8. The number of hydrogen-bond donors (Lipinski definition) is 2. The molecule has 0 aromatic carbocycles. The van der Waals surface area contributed by atoms with Crippen LogP contribution in [0.3, 0.4) is 0 Å². The van der Waals surface area contributed by atoms with Gasteiger partial charge in [-0.2, -0.15) is 10.0 Å². The van der Waals surface area contributed by atoms with E-state index >= 15 is 0 Å². The van der Waals surface area contributed by atoms with Crippen LogP contribution in [0.5, 0.6) is 0 Å². The van der Waals surface area contributed by atoms with E-state index < -0.39 is 24.0 Å². The molecule has 2 heterocycles. The first-order valence-electron chi connectivity index (χ1n) is 6.92. The second-order valence-corrected chi connectivity index (χ2v) is 4.98. The van der Waals surface area contributed by atoms with Crippen molar-refractivity contribution in [2.24, 2.45) is 10.6 Å². The Hall–Kier alpha value is -0.420. The third-order valence-electron chi connectivity index (χ3n) is 3.60. The molecule has 2 atom stereocenters. The van der Waals surface area contributed by atoms with E-state index in [0.717, 1.165) is 10.0 Å². The summed E-state index contributed by atoms with van der Waals surface area (Å²) >= 11 is 0. The van der Waals surface area contributed by atoms with Gasteiger partial charge in [0, 0.05) is 13.1 Å². The monoisotopic (exact) mass is 394 g/mol. The van der Waals surface area contributed by atoms with Crippen molar-refractivity contribution < 1.29 is 89.3 Å². The van der Waals surface area contributed by atoms with Gasteiger partial charge in [-0.15, -0.1) is 9.81 Å². The molecule has 2 N–H and O–H groups in total. The van der Waals surface area contributed by atoms with E-state index in [4.69, 9.17) is 10.4 Å². The van der Waals surface area contributed by atoms with E-state index in [2.05, 4.69) is 10.6 Å². The number of carboxylic acids is 2. The van der Waals surface area contributed by atoms with E-state index in [1.165, 1.54) is 0 Å². The molecule has 0 bridgehead atoms. The molecular weight excluding hydrogens is 378 g/mol. The summed E-state index contributed by atoms with van der Waals surface area (Å²) in [4.78, 5) is 40.5. The first-order chi connectivity index (χ1) is 11.3. The molecule has 2 fully saturated rings. The number of rotatable bonds is 6. The summed E-state index contributed by atoms with van der Waals surface area (Å²) < 4.78 is 0. The van der Waals surface area contributed by atoms with Crippen LogP contribution in [0.1, 0.15) is 25.7 Å². The Bertz CT molecular complexity index is 446. The summed E-state index contributed by atoms with van der Waals surface area (Å²) in [7, 11) is 0. The van der Waals surface area contributed by atoms with Crippen LogP contribution in [0.15, 0.2) is 10.6 Å². The van der Waals surface area contributed by atoms with Gasteiger partial charge in [-0.3, -0.25) is 10.4 Å². The Balaban J connectivity index is 0. The fourth-order valence-corrected chi connectivity index (χ4v) is 2.50. The van der Waals surface area contributed by atoms with Crippen LogP contribution >= 0.6 is 0 Å². The molecule has 0 saturated carbocycles. The summed E-state index contributed by atoms with van der Waals surface area (Å²) in [6.45, 7) is 0.585. The molecule has 0 aromatic rings. The number of nitrogens with zero attached hydrogens (tertiary/aromatic N) is 6. The molecule has 136 valence electrons. The van der Waals surface area contributed by atoms with Crippen molar-refractivity contribution in [3.8, 4) is 0 Å². The van der Waals surface area contributed by atoms with Gasteiger partial charge in [0.2, 0.25) is 0 Å². The van der Waals surface area contributed by atoms with Gasteiger partial charge in [0.15, 0.2) is 0 Å². The summed E-state index contributed by atoms with van der Waals surface area (Å²) in [6.07, 6.45) is 1.89. The van der Waals surface area contributed by atoms with Gasteiger partial charge in [-0.25, -0.2) is 0 Å². The maximum absolute atomic E-state index is 10.4. The van der Waals surface area contributed by atoms with Crippen molar-refractivity contribution in [3.05, 3.63) is 9.81 Å². The Morgan fingerprint density at radius 3 is 1.38 bits per heavy atom. The molecule has 16 heteroatoms. The van der Waals surface area contributed by atoms with Gasteiger partial charge in [-0.05, 0) is 25.7 Å². The largest absolute Gasteiger partial charge is 1.00 e. The second-order valence-electron chi connectivity index (χ2n) is 4.98. The number of aliphatic carboxylic acids is 2. The topological polar surface area (TPSA) is 193 Å². The van der Waals surface area contributed by atoms with Crippen LogP contribution < -0.4 is 69.3 Å². The molecule has 26 heavy (non-hydrogen) atoms. The molecule has 2 saturated heterocycles. The number of carboxylic acid groups (broad SMARTS) is 2. The molecule has 0 radical (unpaired) electrons. The van der Waals surface area contributed by atoms with Crippen molar-refractivity contribution >= 4 is 11.9 Å². The van der Waals surface area contributed by atoms with E-state index in [1.54, 1.807) is 0 Å². The molecule has 0 aromatic heterocycles. The molecule has 0 unspecified atom stereocenters. The minimum atomic E-state index is -1.31. The van der Waals surface area contributed by atoms with Gasteiger partial charge in [-0.1, -0.05) is 10.6 Å². The van der Waals surface area contributed by atoms with Crippen molar-refractivity contribution in [1.29, 1.82) is 0 Å². The molecule has 2 rings (SSSR count). The predicted molar refractivity (Wildman–Crippen MR) is 68.3 cm³/mol. The average molecular weight is 394 g/mol. The zero-order chi connectivity index (χ0) is 18.3. The molecule has 2 aliphatic heterocycles.